The Morgan fingerprint density at radius 3 is 2.55 bits per heavy atom. The number of methoxy groups -OCH3 is 1. The van der Waals surface area contributed by atoms with Gasteiger partial charge >= 0.3 is 0 Å². The fraction of sp³-hybridized carbons (Fsp3) is 0.765. The Kier molecular flexibility index (Phi) is 5.27. The van der Waals surface area contributed by atoms with Crippen LogP contribution < -0.4 is 0 Å². The Hall–Kier alpha value is -1.36. The summed E-state index contributed by atoms with van der Waals surface area (Å²) in [5.41, 5.74) is 2.17. The number of aromatic nitrogens is 1. The molecule has 1 aliphatic rings. The molecule has 1 amide bonds. The number of amides is 1. The van der Waals surface area contributed by atoms with Crippen LogP contribution >= 0.6 is 0 Å². The molecular weight excluding hydrogens is 280 g/mol. The Morgan fingerprint density at radius 2 is 2.05 bits per heavy atom. The van der Waals surface area contributed by atoms with Gasteiger partial charge in [-0.1, -0.05) is 19.0 Å². The van der Waals surface area contributed by atoms with Gasteiger partial charge in [-0.3, -0.25) is 4.79 Å². The summed E-state index contributed by atoms with van der Waals surface area (Å²) < 4.78 is 10.5. The van der Waals surface area contributed by atoms with Crippen LogP contribution in [0.4, 0.5) is 0 Å². The van der Waals surface area contributed by atoms with Crippen molar-refractivity contribution in [2.45, 2.75) is 47.0 Å². The normalized spacial score (nSPS) is 19.2. The average molecular weight is 308 g/mol. The summed E-state index contributed by atoms with van der Waals surface area (Å²) in [5, 5.41) is 3.97. The Balaban J connectivity index is 1.92. The van der Waals surface area contributed by atoms with Crippen LogP contribution in [-0.4, -0.2) is 42.8 Å². The third-order valence-electron chi connectivity index (χ3n) is 4.89. The summed E-state index contributed by atoms with van der Waals surface area (Å²) in [6.45, 7) is 10.5. The average Bonchev–Trinajstić information content (AvgIpc) is 2.79. The van der Waals surface area contributed by atoms with E-state index in [9.17, 15) is 4.79 Å². The van der Waals surface area contributed by atoms with Crippen molar-refractivity contribution in [3.8, 4) is 0 Å². The van der Waals surface area contributed by atoms with E-state index in [4.69, 9.17) is 9.26 Å². The molecule has 0 spiro atoms. The Morgan fingerprint density at radius 1 is 1.41 bits per heavy atom. The maximum atomic E-state index is 12.7. The maximum absolute atomic E-state index is 12.7. The zero-order valence-corrected chi connectivity index (χ0v) is 14.4. The van der Waals surface area contributed by atoms with E-state index in [1.165, 1.54) is 0 Å². The van der Waals surface area contributed by atoms with Crippen molar-refractivity contribution in [2.75, 3.05) is 26.8 Å². The second kappa shape index (κ2) is 6.82. The number of piperidine rings is 1. The number of likely N-dealkylation sites (tertiary alicyclic amines) is 1. The monoisotopic (exact) mass is 308 g/mol. The molecule has 0 aliphatic carbocycles. The number of hydrogen-bond donors (Lipinski definition) is 0. The van der Waals surface area contributed by atoms with Gasteiger partial charge in [0.25, 0.3) is 0 Å². The van der Waals surface area contributed by atoms with Gasteiger partial charge in [0.1, 0.15) is 5.76 Å². The number of rotatable bonds is 5. The summed E-state index contributed by atoms with van der Waals surface area (Å²) in [4.78, 5) is 14.7. The van der Waals surface area contributed by atoms with Gasteiger partial charge in [-0.05, 0) is 38.5 Å². The van der Waals surface area contributed by atoms with E-state index in [0.29, 0.717) is 6.42 Å². The van der Waals surface area contributed by atoms with Crippen molar-refractivity contribution in [3.63, 3.8) is 0 Å². The van der Waals surface area contributed by atoms with E-state index in [1.807, 2.05) is 25.7 Å². The van der Waals surface area contributed by atoms with Gasteiger partial charge < -0.3 is 14.2 Å². The number of ether oxygens (including phenoxy) is 1. The highest BCUT2D eigenvalue weighted by Crippen LogP contribution is 2.31. The zero-order valence-electron chi connectivity index (χ0n) is 14.4. The van der Waals surface area contributed by atoms with Crippen LogP contribution in [0.5, 0.6) is 0 Å². The molecule has 0 N–H and O–H groups in total. The summed E-state index contributed by atoms with van der Waals surface area (Å²) in [7, 11) is 1.74. The summed E-state index contributed by atoms with van der Waals surface area (Å²) in [5.74, 6) is 1.02. The predicted molar refractivity (Wildman–Crippen MR) is 84.6 cm³/mol. The molecule has 2 rings (SSSR count). The van der Waals surface area contributed by atoms with Crippen molar-refractivity contribution >= 4 is 5.91 Å². The molecule has 0 saturated carbocycles. The standard InChI is InChI=1S/C17H28N2O3/c1-12(10-15-13(2)18-22-14(15)3)16(20)19-8-6-17(4,7-9-19)11-21-5/h12H,6-11H2,1-5H3/t12-/m1/s1. The molecule has 1 aromatic heterocycles. The van der Waals surface area contributed by atoms with Gasteiger partial charge in [-0.25, -0.2) is 0 Å². The topological polar surface area (TPSA) is 55.6 Å². The molecule has 0 unspecified atom stereocenters. The minimum Gasteiger partial charge on any atom is -0.384 e. The molecule has 1 atom stereocenters. The highest BCUT2D eigenvalue weighted by atomic mass is 16.5. The third kappa shape index (κ3) is 3.69. The van der Waals surface area contributed by atoms with E-state index < -0.39 is 0 Å². The molecule has 5 heteroatoms. The highest BCUT2D eigenvalue weighted by molar-refractivity contribution is 5.79. The van der Waals surface area contributed by atoms with Crippen LogP contribution in [0.1, 0.15) is 43.7 Å². The molecule has 0 bridgehead atoms. The van der Waals surface area contributed by atoms with Crippen LogP contribution in [0.2, 0.25) is 0 Å². The zero-order chi connectivity index (χ0) is 16.3. The first-order valence-electron chi connectivity index (χ1n) is 8.06. The maximum Gasteiger partial charge on any atom is 0.225 e. The second-order valence-corrected chi connectivity index (χ2v) is 6.98. The Labute approximate surface area is 133 Å². The lowest BCUT2D eigenvalue weighted by molar-refractivity contribution is -0.137. The van der Waals surface area contributed by atoms with Crippen LogP contribution in [0.15, 0.2) is 4.52 Å². The van der Waals surface area contributed by atoms with Crippen LogP contribution in [0.3, 0.4) is 0 Å². The third-order valence-corrected chi connectivity index (χ3v) is 4.89. The lowest BCUT2D eigenvalue weighted by Crippen LogP contribution is -2.45. The van der Waals surface area contributed by atoms with E-state index in [0.717, 1.165) is 49.6 Å². The first-order chi connectivity index (χ1) is 10.4. The molecule has 22 heavy (non-hydrogen) atoms. The molecule has 0 radical (unpaired) electrons. The molecule has 1 saturated heterocycles. The Bertz CT molecular complexity index is 496. The largest absolute Gasteiger partial charge is 0.384 e. The molecular formula is C17H28N2O3. The number of carbonyl (C=O) groups is 1. The van der Waals surface area contributed by atoms with Gasteiger partial charge in [0.05, 0.1) is 12.3 Å². The minimum atomic E-state index is -0.0384. The van der Waals surface area contributed by atoms with Gasteiger partial charge in [-0.15, -0.1) is 0 Å². The fourth-order valence-corrected chi connectivity index (χ4v) is 3.26. The highest BCUT2D eigenvalue weighted by Gasteiger charge is 2.33. The summed E-state index contributed by atoms with van der Waals surface area (Å²) in [6, 6.07) is 0. The molecule has 5 nitrogen and oxygen atoms in total. The van der Waals surface area contributed by atoms with Gasteiger partial charge in [-0.2, -0.15) is 0 Å². The minimum absolute atomic E-state index is 0.0384. The van der Waals surface area contributed by atoms with Crippen LogP contribution in [0.25, 0.3) is 0 Å². The SMILES string of the molecule is COCC1(C)CCN(C(=O)[C@H](C)Cc2c(C)noc2C)CC1. The first kappa shape index (κ1) is 17.0. The predicted octanol–water partition coefficient (Wildman–Crippen LogP) is 2.75. The summed E-state index contributed by atoms with van der Waals surface area (Å²) >= 11 is 0. The van der Waals surface area contributed by atoms with Crippen molar-refractivity contribution in [1.82, 2.24) is 10.1 Å². The van der Waals surface area contributed by atoms with E-state index in [2.05, 4.69) is 12.1 Å². The smallest absolute Gasteiger partial charge is 0.225 e. The lowest BCUT2D eigenvalue weighted by atomic mass is 9.81. The molecule has 1 fully saturated rings. The molecule has 0 aromatic carbocycles. The number of hydrogen-bond acceptors (Lipinski definition) is 4. The quantitative estimate of drug-likeness (QED) is 0.839. The number of carbonyl (C=O) groups excluding carboxylic acids is 1. The molecule has 1 aromatic rings. The fourth-order valence-electron chi connectivity index (χ4n) is 3.26. The van der Waals surface area contributed by atoms with Crippen molar-refractivity contribution in [3.05, 3.63) is 17.0 Å². The molecule has 2 heterocycles. The summed E-state index contributed by atoms with van der Waals surface area (Å²) in [6.07, 6.45) is 2.71. The first-order valence-corrected chi connectivity index (χ1v) is 8.06. The van der Waals surface area contributed by atoms with Crippen molar-refractivity contribution in [2.24, 2.45) is 11.3 Å². The van der Waals surface area contributed by atoms with Crippen LogP contribution in [-0.2, 0) is 16.0 Å². The van der Waals surface area contributed by atoms with E-state index in [1.54, 1.807) is 7.11 Å². The van der Waals surface area contributed by atoms with Gasteiger partial charge in [0, 0.05) is 31.7 Å². The van der Waals surface area contributed by atoms with E-state index in [-0.39, 0.29) is 17.2 Å². The van der Waals surface area contributed by atoms with E-state index >= 15 is 0 Å². The van der Waals surface area contributed by atoms with Gasteiger partial charge in [0.15, 0.2) is 0 Å². The molecule has 124 valence electrons. The number of aryl methyl sites for hydroxylation is 2. The van der Waals surface area contributed by atoms with Crippen molar-refractivity contribution < 1.29 is 14.1 Å². The lowest BCUT2D eigenvalue weighted by Gasteiger charge is -2.39. The second-order valence-electron chi connectivity index (χ2n) is 6.98. The molecule has 1 aliphatic heterocycles. The van der Waals surface area contributed by atoms with Gasteiger partial charge in [0.2, 0.25) is 5.91 Å². The van der Waals surface area contributed by atoms with Crippen molar-refractivity contribution in [1.29, 1.82) is 0 Å². The number of nitrogens with zero attached hydrogens (tertiary/aromatic N) is 2. The van der Waals surface area contributed by atoms with Crippen LogP contribution in [0, 0.1) is 25.2 Å².